The fourth-order valence-electron chi connectivity index (χ4n) is 5.40. The van der Waals surface area contributed by atoms with Crippen molar-refractivity contribution < 1.29 is 4.74 Å². The van der Waals surface area contributed by atoms with Crippen molar-refractivity contribution in [3.8, 4) is 22.6 Å². The molecule has 0 bridgehead atoms. The molecular formula is C33H24N2O. The molecule has 0 spiro atoms. The average molecular weight is 465 g/mol. The van der Waals surface area contributed by atoms with Gasteiger partial charge in [0.1, 0.15) is 11.5 Å². The minimum Gasteiger partial charge on any atom is -0.457 e. The average Bonchev–Trinajstić information content (AvgIpc) is 2.90. The van der Waals surface area contributed by atoms with Gasteiger partial charge >= 0.3 is 0 Å². The van der Waals surface area contributed by atoms with Crippen molar-refractivity contribution in [2.75, 3.05) is 11.5 Å². The highest BCUT2D eigenvalue weighted by atomic mass is 16.5. The maximum absolute atomic E-state index is 6.54. The van der Waals surface area contributed by atoms with E-state index >= 15 is 0 Å². The molecule has 0 amide bonds. The first-order valence-electron chi connectivity index (χ1n) is 12.1. The van der Waals surface area contributed by atoms with Gasteiger partial charge in [-0.3, -0.25) is 0 Å². The highest BCUT2D eigenvalue weighted by Crippen LogP contribution is 2.50. The molecule has 3 nitrogen and oxygen atoms in total. The van der Waals surface area contributed by atoms with E-state index in [1.807, 2.05) is 30.3 Å². The lowest BCUT2D eigenvalue weighted by Gasteiger charge is -2.30. The first-order valence-corrected chi connectivity index (χ1v) is 12.1. The van der Waals surface area contributed by atoms with Gasteiger partial charge in [-0.15, -0.1) is 0 Å². The van der Waals surface area contributed by atoms with Gasteiger partial charge in [-0.1, -0.05) is 66.7 Å². The van der Waals surface area contributed by atoms with Crippen LogP contribution >= 0.6 is 0 Å². The summed E-state index contributed by atoms with van der Waals surface area (Å²) in [6.07, 6.45) is 0. The fraction of sp³-hybridized carbons (Fsp3) is 0.0303. The molecule has 0 atom stereocenters. The van der Waals surface area contributed by atoms with Crippen LogP contribution in [0.1, 0.15) is 22.6 Å². The molecule has 7 rings (SSSR count). The van der Waals surface area contributed by atoms with Crippen LogP contribution in [0.2, 0.25) is 0 Å². The van der Waals surface area contributed by atoms with E-state index in [-0.39, 0.29) is 5.92 Å². The Hall–Kier alpha value is -4.76. The summed E-state index contributed by atoms with van der Waals surface area (Å²) in [6.45, 7) is 0. The van der Waals surface area contributed by atoms with Crippen molar-refractivity contribution in [2.24, 2.45) is 0 Å². The third-order valence-electron chi connectivity index (χ3n) is 7.18. The van der Waals surface area contributed by atoms with Crippen LogP contribution in [0.5, 0.6) is 11.5 Å². The van der Waals surface area contributed by atoms with E-state index in [1.165, 1.54) is 16.7 Å². The third-order valence-corrected chi connectivity index (χ3v) is 7.18. The van der Waals surface area contributed by atoms with Gasteiger partial charge in [-0.05, 0) is 86.8 Å². The van der Waals surface area contributed by atoms with Crippen molar-refractivity contribution in [2.45, 2.75) is 5.92 Å². The molecule has 0 unspecified atom stereocenters. The van der Waals surface area contributed by atoms with E-state index in [2.05, 4.69) is 84.9 Å². The van der Waals surface area contributed by atoms with Gasteiger partial charge in [-0.25, -0.2) is 0 Å². The predicted octanol–water partition coefficient (Wildman–Crippen LogP) is 8.11. The van der Waals surface area contributed by atoms with E-state index in [0.29, 0.717) is 0 Å². The minimum absolute atomic E-state index is 0.0187. The molecule has 172 valence electrons. The zero-order valence-electron chi connectivity index (χ0n) is 19.6. The SMILES string of the molecule is Nc1ccc2cc3c(cc2c1)C(c1ccc(-c2ccccc2)cc1)c1cc2cc(N)ccc2cc1O3. The van der Waals surface area contributed by atoms with Crippen molar-refractivity contribution in [1.29, 1.82) is 0 Å². The molecule has 0 saturated carbocycles. The van der Waals surface area contributed by atoms with Crippen molar-refractivity contribution in [3.05, 3.63) is 132 Å². The topological polar surface area (TPSA) is 61.3 Å². The van der Waals surface area contributed by atoms with Crippen molar-refractivity contribution in [3.63, 3.8) is 0 Å². The number of nitrogen functional groups attached to an aromatic ring is 2. The van der Waals surface area contributed by atoms with Crippen LogP contribution in [0.15, 0.2) is 115 Å². The Morgan fingerprint density at radius 1 is 0.472 bits per heavy atom. The van der Waals surface area contributed by atoms with E-state index < -0.39 is 0 Å². The molecule has 6 aromatic rings. The Labute approximate surface area is 209 Å². The predicted molar refractivity (Wildman–Crippen MR) is 150 cm³/mol. The summed E-state index contributed by atoms with van der Waals surface area (Å²) in [5, 5.41) is 4.43. The van der Waals surface area contributed by atoms with E-state index in [1.54, 1.807) is 0 Å². The molecule has 6 aromatic carbocycles. The second-order valence-corrected chi connectivity index (χ2v) is 9.52. The number of ether oxygens (including phenoxy) is 1. The normalized spacial score (nSPS) is 12.8. The molecule has 1 heterocycles. The Morgan fingerprint density at radius 3 is 1.56 bits per heavy atom. The lowest BCUT2D eigenvalue weighted by atomic mass is 9.80. The first-order chi connectivity index (χ1) is 17.6. The Morgan fingerprint density at radius 2 is 1.00 bits per heavy atom. The second kappa shape index (κ2) is 7.89. The van der Waals surface area contributed by atoms with Crippen molar-refractivity contribution in [1.82, 2.24) is 0 Å². The second-order valence-electron chi connectivity index (χ2n) is 9.52. The number of nitrogens with two attached hydrogens (primary N) is 2. The number of hydrogen-bond donors (Lipinski definition) is 2. The van der Waals surface area contributed by atoms with Gasteiger partial charge in [-0.2, -0.15) is 0 Å². The van der Waals surface area contributed by atoms with Gasteiger partial charge in [0.05, 0.1) is 0 Å². The molecule has 0 fully saturated rings. The summed E-state index contributed by atoms with van der Waals surface area (Å²) in [7, 11) is 0. The number of rotatable bonds is 2. The van der Waals surface area contributed by atoms with Gasteiger partial charge in [0.15, 0.2) is 0 Å². The molecule has 4 N–H and O–H groups in total. The lowest BCUT2D eigenvalue weighted by molar-refractivity contribution is 0.454. The first kappa shape index (κ1) is 20.6. The summed E-state index contributed by atoms with van der Waals surface area (Å²) in [6, 6.07) is 40.1. The highest BCUT2D eigenvalue weighted by Gasteiger charge is 2.30. The van der Waals surface area contributed by atoms with Crippen LogP contribution in [0.3, 0.4) is 0 Å². The van der Waals surface area contributed by atoms with E-state index in [4.69, 9.17) is 16.2 Å². The summed E-state index contributed by atoms with van der Waals surface area (Å²) in [4.78, 5) is 0. The molecule has 36 heavy (non-hydrogen) atoms. The van der Waals surface area contributed by atoms with Gasteiger partial charge in [0.25, 0.3) is 0 Å². The number of benzene rings is 6. The number of anilines is 2. The molecule has 1 aliphatic heterocycles. The Kier molecular flexibility index (Phi) is 4.52. The van der Waals surface area contributed by atoms with Crippen LogP contribution in [0, 0.1) is 0 Å². The molecule has 0 aliphatic carbocycles. The van der Waals surface area contributed by atoms with Crippen LogP contribution in [-0.4, -0.2) is 0 Å². The maximum atomic E-state index is 6.54. The smallest absolute Gasteiger partial charge is 0.132 e. The molecule has 3 heteroatoms. The summed E-state index contributed by atoms with van der Waals surface area (Å²) in [5.74, 6) is 1.78. The molecule has 0 aromatic heterocycles. The van der Waals surface area contributed by atoms with Crippen LogP contribution in [-0.2, 0) is 0 Å². The van der Waals surface area contributed by atoms with Gasteiger partial charge in [0, 0.05) is 28.4 Å². The summed E-state index contributed by atoms with van der Waals surface area (Å²) in [5.41, 5.74) is 19.7. The van der Waals surface area contributed by atoms with Crippen molar-refractivity contribution >= 4 is 32.9 Å². The van der Waals surface area contributed by atoms with Crippen LogP contribution < -0.4 is 16.2 Å². The maximum Gasteiger partial charge on any atom is 0.132 e. The van der Waals surface area contributed by atoms with E-state index in [0.717, 1.165) is 55.5 Å². The zero-order chi connectivity index (χ0) is 24.2. The Bertz CT molecular complexity index is 1680. The third kappa shape index (κ3) is 3.37. The minimum atomic E-state index is 0.0187. The summed E-state index contributed by atoms with van der Waals surface area (Å²) < 4.78 is 6.54. The van der Waals surface area contributed by atoms with Gasteiger partial charge < -0.3 is 16.2 Å². The summed E-state index contributed by atoms with van der Waals surface area (Å²) >= 11 is 0. The standard InChI is InChI=1S/C33H24N2O/c34-27-12-10-23-18-31-29(16-25(23)14-27)33(22-8-6-21(7-9-22)20-4-2-1-3-5-20)30-17-26-15-28(35)13-11-24(26)19-32(30)36-31/h1-19,33H,34-35H2. The largest absolute Gasteiger partial charge is 0.457 e. The number of fused-ring (bicyclic) bond motifs is 4. The monoisotopic (exact) mass is 464 g/mol. The molecule has 1 aliphatic rings. The van der Waals surface area contributed by atoms with E-state index in [9.17, 15) is 0 Å². The fourth-order valence-corrected chi connectivity index (χ4v) is 5.40. The van der Waals surface area contributed by atoms with Crippen LogP contribution in [0.4, 0.5) is 11.4 Å². The molecule has 0 saturated heterocycles. The number of hydrogen-bond acceptors (Lipinski definition) is 3. The van der Waals surface area contributed by atoms with Gasteiger partial charge in [0.2, 0.25) is 0 Å². The quantitative estimate of drug-likeness (QED) is 0.254. The highest BCUT2D eigenvalue weighted by molar-refractivity contribution is 5.91. The zero-order valence-corrected chi connectivity index (χ0v) is 19.6. The molecule has 0 radical (unpaired) electrons. The lowest BCUT2D eigenvalue weighted by Crippen LogP contribution is -2.12. The Balaban J connectivity index is 1.45. The molecular weight excluding hydrogens is 440 g/mol. The van der Waals surface area contributed by atoms with Crippen LogP contribution in [0.25, 0.3) is 32.7 Å².